The number of nitrogens with two attached hydrogens (primary N) is 1. The van der Waals surface area contributed by atoms with E-state index in [1.165, 1.54) is 0 Å². The quantitative estimate of drug-likeness (QED) is 0.414. The molecular weight excluding hydrogens is 540 g/mol. The number of nitrogens with zero attached hydrogens (tertiary/aromatic N) is 4. The number of anilines is 1. The van der Waals surface area contributed by atoms with Crippen LogP contribution in [0.25, 0.3) is 11.3 Å². The molecule has 1 unspecified atom stereocenters. The standard InChI is InChI=1S/C21H35BrN6O4SSi/c1-6-33(29,30)28-9-7-27(8-10-28)21(32-11-12-34(3,4)5)20-25-17(18(22)26-20)15-13-16(31-2)19(23)24-14-15/h13-14,21H,6-12H2,1-5H3,(H2,23,24)(H,25,26). The largest absolute Gasteiger partial charge is 0.493 e. The third-order valence-electron chi connectivity index (χ3n) is 5.78. The number of methoxy groups -OCH3 is 1. The maximum Gasteiger partial charge on any atom is 0.213 e. The van der Waals surface area contributed by atoms with Crippen LogP contribution in [0.5, 0.6) is 5.75 Å². The van der Waals surface area contributed by atoms with Crippen molar-refractivity contribution < 1.29 is 17.9 Å². The monoisotopic (exact) mass is 574 g/mol. The first-order valence-electron chi connectivity index (χ1n) is 11.3. The Bertz CT molecular complexity index is 1080. The van der Waals surface area contributed by atoms with Crippen molar-refractivity contribution in [2.75, 3.05) is 51.4 Å². The van der Waals surface area contributed by atoms with Crippen molar-refractivity contribution in [3.05, 3.63) is 22.7 Å². The molecule has 10 nitrogen and oxygen atoms in total. The molecule has 0 saturated carbocycles. The number of ether oxygens (including phenoxy) is 2. The molecule has 2 aromatic heterocycles. The molecule has 1 aliphatic rings. The van der Waals surface area contributed by atoms with Gasteiger partial charge < -0.3 is 20.2 Å². The summed E-state index contributed by atoms with van der Waals surface area (Å²) in [6.45, 7) is 11.2. The molecule has 0 spiro atoms. The van der Waals surface area contributed by atoms with Crippen LogP contribution in [0.3, 0.4) is 0 Å². The average molecular weight is 576 g/mol. The van der Waals surface area contributed by atoms with Gasteiger partial charge in [-0.15, -0.1) is 0 Å². The lowest BCUT2D eigenvalue weighted by atomic mass is 10.2. The van der Waals surface area contributed by atoms with Crippen molar-refractivity contribution in [2.24, 2.45) is 0 Å². The van der Waals surface area contributed by atoms with Crippen LogP contribution in [-0.4, -0.2) is 86.3 Å². The zero-order chi connectivity index (χ0) is 25.1. The predicted octanol–water partition coefficient (Wildman–Crippen LogP) is 3.15. The van der Waals surface area contributed by atoms with Gasteiger partial charge in [-0.1, -0.05) is 19.6 Å². The molecule has 3 N–H and O–H groups in total. The van der Waals surface area contributed by atoms with E-state index in [1.807, 2.05) is 0 Å². The number of rotatable bonds is 10. The van der Waals surface area contributed by atoms with Gasteiger partial charge in [-0.2, -0.15) is 4.31 Å². The molecule has 190 valence electrons. The molecule has 1 atom stereocenters. The van der Waals surface area contributed by atoms with Crippen LogP contribution >= 0.6 is 15.9 Å². The molecule has 1 saturated heterocycles. The van der Waals surface area contributed by atoms with E-state index in [1.54, 1.807) is 30.6 Å². The highest BCUT2D eigenvalue weighted by Crippen LogP contribution is 2.33. The van der Waals surface area contributed by atoms with Crippen LogP contribution in [-0.2, 0) is 14.8 Å². The fraction of sp³-hybridized carbons (Fsp3) is 0.619. The number of imidazole rings is 1. The smallest absolute Gasteiger partial charge is 0.213 e. The number of nitrogens with one attached hydrogen (secondary N) is 1. The molecule has 13 heteroatoms. The van der Waals surface area contributed by atoms with Crippen molar-refractivity contribution in [1.82, 2.24) is 24.2 Å². The van der Waals surface area contributed by atoms with E-state index in [4.69, 9.17) is 20.2 Å². The van der Waals surface area contributed by atoms with Crippen molar-refractivity contribution in [1.29, 1.82) is 0 Å². The number of hydrogen-bond acceptors (Lipinski definition) is 8. The van der Waals surface area contributed by atoms with E-state index < -0.39 is 24.3 Å². The van der Waals surface area contributed by atoms with E-state index in [0.29, 0.717) is 60.5 Å². The Morgan fingerprint density at radius 3 is 2.53 bits per heavy atom. The summed E-state index contributed by atoms with van der Waals surface area (Å²) >= 11 is 3.58. The van der Waals surface area contributed by atoms with E-state index in [0.717, 1.165) is 11.6 Å². The number of aromatic nitrogens is 3. The van der Waals surface area contributed by atoms with Gasteiger partial charge in [0.1, 0.15) is 10.3 Å². The molecule has 0 aromatic carbocycles. The third kappa shape index (κ3) is 6.58. The Hall–Kier alpha value is -1.51. The van der Waals surface area contributed by atoms with Gasteiger partial charge in [-0.25, -0.2) is 18.4 Å². The van der Waals surface area contributed by atoms with Crippen LogP contribution in [0.15, 0.2) is 16.9 Å². The number of H-pyrrole nitrogens is 1. The average Bonchev–Trinajstić information content (AvgIpc) is 3.17. The minimum Gasteiger partial charge on any atom is -0.493 e. The van der Waals surface area contributed by atoms with Crippen molar-refractivity contribution in [3.8, 4) is 17.0 Å². The van der Waals surface area contributed by atoms with Gasteiger partial charge in [0.05, 0.1) is 12.9 Å². The van der Waals surface area contributed by atoms with Gasteiger partial charge in [0.25, 0.3) is 0 Å². The summed E-state index contributed by atoms with van der Waals surface area (Å²) in [4.78, 5) is 14.5. The zero-order valence-corrected chi connectivity index (χ0v) is 23.9. The fourth-order valence-corrected chi connectivity index (χ4v) is 5.99. The maximum atomic E-state index is 12.3. The van der Waals surface area contributed by atoms with E-state index in [2.05, 4.69) is 50.4 Å². The summed E-state index contributed by atoms with van der Waals surface area (Å²) in [5.74, 6) is 1.55. The second-order valence-corrected chi connectivity index (χ2v) is 18.1. The van der Waals surface area contributed by atoms with Gasteiger partial charge in [-0.3, -0.25) is 4.90 Å². The highest BCUT2D eigenvalue weighted by molar-refractivity contribution is 9.10. The lowest BCUT2D eigenvalue weighted by Gasteiger charge is -2.37. The van der Waals surface area contributed by atoms with E-state index in [-0.39, 0.29) is 5.75 Å². The lowest BCUT2D eigenvalue weighted by Crippen LogP contribution is -2.50. The summed E-state index contributed by atoms with van der Waals surface area (Å²) in [5.41, 5.74) is 7.29. The number of aromatic amines is 1. The Morgan fingerprint density at radius 1 is 1.26 bits per heavy atom. The van der Waals surface area contributed by atoms with E-state index in [9.17, 15) is 8.42 Å². The van der Waals surface area contributed by atoms with Crippen LogP contribution in [0, 0.1) is 0 Å². The minimum atomic E-state index is -3.21. The second kappa shape index (κ2) is 11.0. The zero-order valence-electron chi connectivity index (χ0n) is 20.5. The SMILES string of the molecule is CCS(=O)(=O)N1CCN(C(OCC[Si](C)(C)C)c2nc(-c3cnc(N)c(OC)c3)c(Br)[nH]2)CC1. The summed E-state index contributed by atoms with van der Waals surface area (Å²) in [5, 5.41) is 0. The second-order valence-electron chi connectivity index (χ2n) is 9.47. The van der Waals surface area contributed by atoms with Crippen LogP contribution in [0.2, 0.25) is 25.7 Å². The molecule has 3 rings (SSSR count). The van der Waals surface area contributed by atoms with Crippen LogP contribution in [0.1, 0.15) is 19.0 Å². The van der Waals surface area contributed by atoms with E-state index >= 15 is 0 Å². The van der Waals surface area contributed by atoms with Crippen LogP contribution < -0.4 is 10.5 Å². The topological polar surface area (TPSA) is 127 Å². The number of piperazine rings is 1. The van der Waals surface area contributed by atoms with Crippen molar-refractivity contribution in [2.45, 2.75) is 38.8 Å². The lowest BCUT2D eigenvalue weighted by molar-refractivity contribution is -0.0734. The highest BCUT2D eigenvalue weighted by atomic mass is 79.9. The normalized spacial score (nSPS) is 17.1. The number of sulfonamides is 1. The number of nitrogen functional groups attached to an aromatic ring is 1. The van der Waals surface area contributed by atoms with Gasteiger partial charge in [0, 0.05) is 52.6 Å². The van der Waals surface area contributed by atoms with Crippen molar-refractivity contribution in [3.63, 3.8) is 0 Å². The maximum absolute atomic E-state index is 12.3. The molecule has 0 amide bonds. The van der Waals surface area contributed by atoms with Gasteiger partial charge in [-0.05, 0) is 35.0 Å². The van der Waals surface area contributed by atoms with Gasteiger partial charge >= 0.3 is 0 Å². The third-order valence-corrected chi connectivity index (χ3v) is 9.94. The number of hydrogen-bond donors (Lipinski definition) is 2. The summed E-state index contributed by atoms with van der Waals surface area (Å²) in [6, 6.07) is 2.81. The molecule has 1 fully saturated rings. The summed E-state index contributed by atoms with van der Waals surface area (Å²) in [6.07, 6.45) is 1.23. The Morgan fingerprint density at radius 2 is 1.94 bits per heavy atom. The Balaban J connectivity index is 1.86. The fourth-order valence-electron chi connectivity index (χ4n) is 3.66. The molecule has 0 radical (unpaired) electrons. The minimum absolute atomic E-state index is 0.108. The first-order valence-corrected chi connectivity index (χ1v) is 17.4. The molecule has 2 aromatic rings. The molecule has 1 aliphatic heterocycles. The summed E-state index contributed by atoms with van der Waals surface area (Å²) in [7, 11) is -2.96. The molecule has 3 heterocycles. The Kier molecular flexibility index (Phi) is 8.79. The molecule has 0 aliphatic carbocycles. The van der Waals surface area contributed by atoms with Gasteiger partial charge in [0.2, 0.25) is 10.0 Å². The summed E-state index contributed by atoms with van der Waals surface area (Å²) < 4.78 is 38.5. The number of halogens is 1. The Labute approximate surface area is 211 Å². The predicted molar refractivity (Wildman–Crippen MR) is 140 cm³/mol. The van der Waals surface area contributed by atoms with Crippen LogP contribution in [0.4, 0.5) is 5.82 Å². The van der Waals surface area contributed by atoms with Gasteiger partial charge in [0.15, 0.2) is 23.6 Å². The van der Waals surface area contributed by atoms with Crippen molar-refractivity contribution >= 4 is 39.8 Å². The molecule has 34 heavy (non-hydrogen) atoms. The highest BCUT2D eigenvalue weighted by Gasteiger charge is 2.32. The molecular formula is C21H35BrN6O4SSi. The molecule has 0 bridgehead atoms. The number of pyridine rings is 1. The first-order chi connectivity index (χ1) is 15.9. The first kappa shape index (κ1) is 27.1.